The molecule has 2 fully saturated rings. The molecule has 2 N–H and O–H groups in total. The normalized spacial score (nSPS) is 36.0. The number of aliphatic hydroxyl groups is 1. The molecule has 1 amide bonds. The number of hydrogen-bond acceptors (Lipinski definition) is 5. The Labute approximate surface area is 101 Å². The maximum Gasteiger partial charge on any atom is 0.239 e. The van der Waals surface area contributed by atoms with Crippen molar-refractivity contribution < 1.29 is 18.3 Å². The van der Waals surface area contributed by atoms with Crippen LogP contribution in [-0.4, -0.2) is 67.6 Å². The topological polar surface area (TPSA) is 86.7 Å². The van der Waals surface area contributed by atoms with Crippen molar-refractivity contribution in [2.24, 2.45) is 0 Å². The molecule has 2 aliphatic heterocycles. The van der Waals surface area contributed by atoms with Crippen molar-refractivity contribution in [2.45, 2.75) is 31.0 Å². The number of carbonyl (C=O) groups is 1. The second-order valence-electron chi connectivity index (χ2n) is 4.86. The fourth-order valence-electron chi connectivity index (χ4n) is 2.41. The first kappa shape index (κ1) is 12.8. The number of β-amino-alcohol motifs (C(OH)–C–C–N with tert-alkyl or cyclic N) is 1. The van der Waals surface area contributed by atoms with Gasteiger partial charge < -0.3 is 15.3 Å². The minimum absolute atomic E-state index is 0.0600. The van der Waals surface area contributed by atoms with Crippen LogP contribution in [0.15, 0.2) is 0 Å². The number of aliphatic hydroxyl groups excluding tert-OH is 1. The SMILES string of the molecule is CN(C(=O)C1CC(O)CN1)C1CCS(=O)(=O)C1. The molecule has 2 heterocycles. The summed E-state index contributed by atoms with van der Waals surface area (Å²) >= 11 is 0. The molecule has 2 saturated heterocycles. The molecule has 0 aliphatic carbocycles. The Morgan fingerprint density at radius 1 is 1.47 bits per heavy atom. The van der Waals surface area contributed by atoms with Crippen LogP contribution in [0.2, 0.25) is 0 Å². The van der Waals surface area contributed by atoms with E-state index in [-0.39, 0.29) is 29.5 Å². The summed E-state index contributed by atoms with van der Waals surface area (Å²) in [6.07, 6.45) is 0.437. The highest BCUT2D eigenvalue weighted by atomic mass is 32.2. The lowest BCUT2D eigenvalue weighted by atomic mass is 10.1. The molecule has 2 rings (SSSR count). The Bertz CT molecular complexity index is 409. The molecule has 98 valence electrons. The van der Waals surface area contributed by atoms with Crippen molar-refractivity contribution in [3.05, 3.63) is 0 Å². The molecule has 0 aromatic heterocycles. The third-order valence-electron chi connectivity index (χ3n) is 3.51. The van der Waals surface area contributed by atoms with Gasteiger partial charge in [-0.25, -0.2) is 8.42 Å². The van der Waals surface area contributed by atoms with Crippen LogP contribution in [0.4, 0.5) is 0 Å². The van der Waals surface area contributed by atoms with Crippen LogP contribution >= 0.6 is 0 Å². The van der Waals surface area contributed by atoms with Gasteiger partial charge in [0, 0.05) is 19.6 Å². The fourth-order valence-corrected chi connectivity index (χ4v) is 4.19. The Hall–Kier alpha value is -0.660. The second kappa shape index (κ2) is 4.55. The fraction of sp³-hybridized carbons (Fsp3) is 0.900. The number of rotatable bonds is 2. The minimum Gasteiger partial charge on any atom is -0.392 e. The third kappa shape index (κ3) is 2.78. The zero-order valence-corrected chi connectivity index (χ0v) is 10.6. The van der Waals surface area contributed by atoms with E-state index in [1.54, 1.807) is 7.05 Å². The molecule has 2 aliphatic rings. The van der Waals surface area contributed by atoms with Gasteiger partial charge in [-0.1, -0.05) is 0 Å². The lowest BCUT2D eigenvalue weighted by Gasteiger charge is -2.26. The summed E-state index contributed by atoms with van der Waals surface area (Å²) in [6.45, 7) is 0.424. The van der Waals surface area contributed by atoms with Crippen molar-refractivity contribution in [1.82, 2.24) is 10.2 Å². The minimum atomic E-state index is -2.97. The van der Waals surface area contributed by atoms with E-state index >= 15 is 0 Å². The maximum absolute atomic E-state index is 12.0. The molecule has 0 bridgehead atoms. The summed E-state index contributed by atoms with van der Waals surface area (Å²) in [5.74, 6) is 0.101. The van der Waals surface area contributed by atoms with E-state index in [1.165, 1.54) is 4.90 Å². The predicted molar refractivity (Wildman–Crippen MR) is 62.2 cm³/mol. The van der Waals surface area contributed by atoms with Crippen molar-refractivity contribution in [2.75, 3.05) is 25.1 Å². The van der Waals surface area contributed by atoms with Gasteiger partial charge in [-0.15, -0.1) is 0 Å². The molecule has 6 nitrogen and oxygen atoms in total. The first-order valence-corrected chi connectivity index (χ1v) is 7.60. The van der Waals surface area contributed by atoms with Crippen LogP contribution in [0.25, 0.3) is 0 Å². The largest absolute Gasteiger partial charge is 0.392 e. The molecule has 0 radical (unpaired) electrons. The Morgan fingerprint density at radius 2 is 2.18 bits per heavy atom. The van der Waals surface area contributed by atoms with Crippen molar-refractivity contribution in [1.29, 1.82) is 0 Å². The zero-order chi connectivity index (χ0) is 12.6. The average molecular weight is 262 g/mol. The number of nitrogens with one attached hydrogen (secondary N) is 1. The van der Waals surface area contributed by atoms with E-state index in [4.69, 9.17) is 0 Å². The summed E-state index contributed by atoms with van der Waals surface area (Å²) in [4.78, 5) is 13.6. The molecular formula is C10H18N2O4S. The maximum atomic E-state index is 12.0. The van der Waals surface area contributed by atoms with Gasteiger partial charge in [0.15, 0.2) is 9.84 Å². The van der Waals surface area contributed by atoms with E-state index in [0.717, 1.165) is 0 Å². The van der Waals surface area contributed by atoms with Crippen molar-refractivity contribution in [3.63, 3.8) is 0 Å². The smallest absolute Gasteiger partial charge is 0.239 e. The third-order valence-corrected chi connectivity index (χ3v) is 5.26. The van der Waals surface area contributed by atoms with E-state index in [2.05, 4.69) is 5.32 Å². The quantitative estimate of drug-likeness (QED) is 0.623. The highest BCUT2D eigenvalue weighted by molar-refractivity contribution is 7.91. The molecule has 17 heavy (non-hydrogen) atoms. The number of amides is 1. The van der Waals surface area contributed by atoms with Gasteiger partial charge in [-0.2, -0.15) is 0 Å². The Morgan fingerprint density at radius 3 is 2.65 bits per heavy atom. The predicted octanol–water partition coefficient (Wildman–Crippen LogP) is -1.65. The molecular weight excluding hydrogens is 244 g/mol. The highest BCUT2D eigenvalue weighted by Crippen LogP contribution is 2.18. The summed E-state index contributed by atoms with van der Waals surface area (Å²) < 4.78 is 22.7. The highest BCUT2D eigenvalue weighted by Gasteiger charge is 2.37. The first-order valence-electron chi connectivity index (χ1n) is 5.77. The van der Waals surface area contributed by atoms with E-state index in [1.807, 2.05) is 0 Å². The lowest BCUT2D eigenvalue weighted by Crippen LogP contribution is -2.46. The van der Waals surface area contributed by atoms with Crippen LogP contribution in [0.3, 0.4) is 0 Å². The summed E-state index contributed by atoms with van der Waals surface area (Å²) in [5.41, 5.74) is 0. The second-order valence-corrected chi connectivity index (χ2v) is 7.09. The monoisotopic (exact) mass is 262 g/mol. The van der Waals surface area contributed by atoms with Crippen LogP contribution < -0.4 is 5.32 Å². The van der Waals surface area contributed by atoms with Gasteiger partial charge in [0.1, 0.15) is 0 Å². The van der Waals surface area contributed by atoms with E-state index in [0.29, 0.717) is 19.4 Å². The summed E-state index contributed by atoms with van der Waals surface area (Å²) in [6, 6.07) is -0.592. The van der Waals surface area contributed by atoms with Gasteiger partial charge in [-0.05, 0) is 12.8 Å². The summed E-state index contributed by atoms with van der Waals surface area (Å²) in [7, 11) is -1.33. The summed E-state index contributed by atoms with van der Waals surface area (Å²) in [5, 5.41) is 12.3. The van der Waals surface area contributed by atoms with E-state index < -0.39 is 15.9 Å². The number of sulfone groups is 1. The van der Waals surface area contributed by atoms with Gasteiger partial charge in [0.2, 0.25) is 5.91 Å². The van der Waals surface area contributed by atoms with Gasteiger partial charge in [0.25, 0.3) is 0 Å². The lowest BCUT2D eigenvalue weighted by molar-refractivity contribution is -0.133. The number of nitrogens with zero attached hydrogens (tertiary/aromatic N) is 1. The number of likely N-dealkylation sites (N-methyl/N-ethyl adjacent to an activating group) is 1. The molecule has 0 aromatic rings. The average Bonchev–Trinajstić information content (AvgIpc) is 2.82. The first-order chi connectivity index (χ1) is 7.89. The Kier molecular flexibility index (Phi) is 3.42. The van der Waals surface area contributed by atoms with Crippen molar-refractivity contribution in [3.8, 4) is 0 Å². The number of hydrogen-bond donors (Lipinski definition) is 2. The van der Waals surface area contributed by atoms with Crippen LogP contribution in [0.5, 0.6) is 0 Å². The van der Waals surface area contributed by atoms with Gasteiger partial charge >= 0.3 is 0 Å². The Balaban J connectivity index is 1.96. The molecule has 0 spiro atoms. The standard InChI is InChI=1S/C10H18N2O4S/c1-12(7-2-3-17(15,16)6-7)10(14)9-4-8(13)5-11-9/h7-9,11,13H,2-6H2,1H3. The van der Waals surface area contributed by atoms with Crippen LogP contribution in [0.1, 0.15) is 12.8 Å². The molecule has 7 heteroatoms. The molecule has 0 saturated carbocycles. The molecule has 3 unspecified atom stereocenters. The van der Waals surface area contributed by atoms with Crippen LogP contribution in [0, 0.1) is 0 Å². The zero-order valence-electron chi connectivity index (χ0n) is 9.80. The number of carbonyl (C=O) groups excluding carboxylic acids is 1. The van der Waals surface area contributed by atoms with Gasteiger partial charge in [-0.3, -0.25) is 4.79 Å². The van der Waals surface area contributed by atoms with Gasteiger partial charge in [0.05, 0.1) is 23.7 Å². The van der Waals surface area contributed by atoms with Crippen LogP contribution in [-0.2, 0) is 14.6 Å². The molecule has 0 aromatic carbocycles. The van der Waals surface area contributed by atoms with E-state index in [9.17, 15) is 18.3 Å². The van der Waals surface area contributed by atoms with Crippen molar-refractivity contribution >= 4 is 15.7 Å². The molecule has 3 atom stereocenters.